The molecule has 0 spiro atoms. The van der Waals surface area contributed by atoms with E-state index in [0.717, 1.165) is 80.9 Å². The summed E-state index contributed by atoms with van der Waals surface area (Å²) in [5.41, 5.74) is 3.49. The van der Waals surface area contributed by atoms with Gasteiger partial charge in [-0.2, -0.15) is 0 Å². The first-order valence-corrected chi connectivity index (χ1v) is 28.0. The van der Waals surface area contributed by atoms with Gasteiger partial charge < -0.3 is 49.3 Å². The first-order valence-electron chi connectivity index (χ1n) is 28.0. The van der Waals surface area contributed by atoms with E-state index < -0.39 is 23.8 Å². The minimum absolute atomic E-state index is 0.00316. The van der Waals surface area contributed by atoms with Crippen LogP contribution in [0.1, 0.15) is 172 Å². The first-order chi connectivity index (χ1) is 35.4. The van der Waals surface area contributed by atoms with Crippen molar-refractivity contribution in [1.82, 2.24) is 10.2 Å². The Morgan fingerprint density at radius 1 is 0.861 bits per heavy atom. The molecular formula is C59H89N3O10. The number of fused-ring (bicyclic) bond motifs is 2. The fraction of sp³-hybridized carbons (Fsp3) is 0.678. The Morgan fingerprint density at radius 3 is 2.29 bits per heavy atom. The van der Waals surface area contributed by atoms with Crippen LogP contribution in [0.5, 0.6) is 11.5 Å². The number of hydrogen-bond donors (Lipinski definition) is 4. The second kappa shape index (κ2) is 31.5. The van der Waals surface area contributed by atoms with Gasteiger partial charge in [-0.05, 0) is 85.6 Å². The molecule has 72 heavy (non-hydrogen) atoms. The number of amides is 2. The number of aliphatic hydroxyl groups is 3. The summed E-state index contributed by atoms with van der Waals surface area (Å²) in [7, 11) is 0. The van der Waals surface area contributed by atoms with Crippen molar-refractivity contribution in [3.63, 3.8) is 0 Å². The molecule has 2 amide bonds. The molecule has 2 saturated carbocycles. The molecule has 3 aliphatic carbocycles. The van der Waals surface area contributed by atoms with Crippen molar-refractivity contribution in [2.75, 3.05) is 52.7 Å². The highest BCUT2D eigenvalue weighted by Gasteiger charge is 2.65. The van der Waals surface area contributed by atoms with E-state index in [1.807, 2.05) is 47.4 Å². The second-order valence-corrected chi connectivity index (χ2v) is 20.6. The summed E-state index contributed by atoms with van der Waals surface area (Å²) in [5.74, 6) is -0.725. The zero-order valence-electron chi connectivity index (χ0n) is 43.7. The second-order valence-electron chi connectivity index (χ2n) is 20.6. The molecule has 0 radical (unpaired) electrons. The number of carbonyl (C=O) groups is 2. The average Bonchev–Trinajstić information content (AvgIpc) is 3.92. The van der Waals surface area contributed by atoms with E-state index in [1.54, 1.807) is 12.1 Å². The van der Waals surface area contributed by atoms with Crippen molar-refractivity contribution in [1.29, 1.82) is 0 Å². The molecule has 400 valence electrons. The largest absolute Gasteiger partial charge is 0.459 e. The Bertz CT molecular complexity index is 1970. The van der Waals surface area contributed by atoms with Crippen molar-refractivity contribution in [2.45, 2.75) is 179 Å². The number of rotatable bonds is 35. The van der Waals surface area contributed by atoms with E-state index in [-0.39, 0.29) is 82.9 Å². The third kappa shape index (κ3) is 16.4. The molecule has 2 aromatic carbocycles. The molecule has 6 rings (SSSR count). The maximum atomic E-state index is 15.0. The molecular weight excluding hydrogens is 911 g/mol. The lowest BCUT2D eigenvalue weighted by Gasteiger charge is -2.60. The molecule has 13 nitrogen and oxygen atoms in total. The Morgan fingerprint density at radius 2 is 1.58 bits per heavy atom. The Hall–Kier alpha value is -4.27. The maximum absolute atomic E-state index is 15.0. The fourth-order valence-corrected chi connectivity index (χ4v) is 12.0. The highest BCUT2D eigenvalue weighted by atomic mass is 16.7. The summed E-state index contributed by atoms with van der Waals surface area (Å²) in [6.45, 7) is 7.86. The SMILES string of the molecule is C=CCOC12Oc3ccc(OC(=O)NCCCCCCCCCCCC)cc3C3C(CCCCO)C(CCCCO)C=C(C(=NOCc4ccccc4)CC1N(CCOCCO)C(=O)CCC1CCCC1)C32. The van der Waals surface area contributed by atoms with E-state index in [9.17, 15) is 20.1 Å². The number of oxime groups is 1. The van der Waals surface area contributed by atoms with Gasteiger partial charge in [-0.3, -0.25) is 4.79 Å². The predicted molar refractivity (Wildman–Crippen MR) is 283 cm³/mol. The molecule has 6 unspecified atom stereocenters. The number of ether oxygens (including phenoxy) is 4. The zero-order chi connectivity index (χ0) is 50.8. The maximum Gasteiger partial charge on any atom is 0.412 e. The normalized spacial score (nSPS) is 22.9. The summed E-state index contributed by atoms with van der Waals surface area (Å²) < 4.78 is 26.6. The van der Waals surface area contributed by atoms with Crippen LogP contribution in [-0.4, -0.2) is 102 Å². The Labute approximate surface area is 431 Å². The number of allylic oxidation sites excluding steroid dienone is 1. The van der Waals surface area contributed by atoms with Crippen LogP contribution >= 0.6 is 0 Å². The molecule has 0 aromatic heterocycles. The minimum Gasteiger partial charge on any atom is -0.459 e. The van der Waals surface area contributed by atoms with Gasteiger partial charge in [-0.15, -0.1) is 6.58 Å². The van der Waals surface area contributed by atoms with Crippen molar-refractivity contribution in [2.24, 2.45) is 28.8 Å². The molecule has 0 saturated heterocycles. The minimum atomic E-state index is -1.43. The van der Waals surface area contributed by atoms with E-state index in [1.165, 1.54) is 57.8 Å². The predicted octanol–water partition coefficient (Wildman–Crippen LogP) is 11.3. The van der Waals surface area contributed by atoms with Gasteiger partial charge in [-0.1, -0.05) is 151 Å². The van der Waals surface area contributed by atoms with Gasteiger partial charge in [0.15, 0.2) is 0 Å². The van der Waals surface area contributed by atoms with Crippen LogP contribution in [-0.2, 0) is 25.7 Å². The lowest BCUT2D eigenvalue weighted by atomic mass is 9.55. The van der Waals surface area contributed by atoms with Crippen LogP contribution in [0.3, 0.4) is 0 Å². The summed E-state index contributed by atoms with van der Waals surface area (Å²) in [6.07, 6.45) is 26.2. The number of nitrogens with zero attached hydrogens (tertiary/aromatic N) is 2. The van der Waals surface area contributed by atoms with E-state index in [2.05, 4.69) is 24.9 Å². The molecule has 2 aromatic rings. The molecule has 4 N–H and O–H groups in total. The lowest BCUT2D eigenvalue weighted by molar-refractivity contribution is -0.258. The third-order valence-corrected chi connectivity index (χ3v) is 15.6. The molecule has 2 fully saturated rings. The van der Waals surface area contributed by atoms with Gasteiger partial charge in [0.05, 0.1) is 38.1 Å². The third-order valence-electron chi connectivity index (χ3n) is 15.6. The molecule has 1 aliphatic heterocycles. The number of carbonyl (C=O) groups excluding carboxylic acids is 2. The summed E-state index contributed by atoms with van der Waals surface area (Å²) in [4.78, 5) is 36.7. The van der Waals surface area contributed by atoms with Crippen molar-refractivity contribution < 1.29 is 48.7 Å². The molecule has 4 aliphatic rings. The van der Waals surface area contributed by atoms with Crippen LogP contribution < -0.4 is 14.8 Å². The van der Waals surface area contributed by atoms with Crippen molar-refractivity contribution >= 4 is 17.7 Å². The van der Waals surface area contributed by atoms with Gasteiger partial charge in [0, 0.05) is 50.6 Å². The molecule has 1 heterocycles. The first kappa shape index (κ1) is 57.0. The fourth-order valence-electron chi connectivity index (χ4n) is 12.0. The van der Waals surface area contributed by atoms with Gasteiger partial charge in [-0.25, -0.2) is 4.79 Å². The number of nitrogens with one attached hydrogen (secondary N) is 1. The van der Waals surface area contributed by atoms with Crippen LogP contribution in [0.4, 0.5) is 4.79 Å². The van der Waals surface area contributed by atoms with Gasteiger partial charge in [0.2, 0.25) is 11.7 Å². The summed E-state index contributed by atoms with van der Waals surface area (Å²) in [5, 5.41) is 37.8. The number of unbranched alkanes of at least 4 members (excludes halogenated alkanes) is 11. The van der Waals surface area contributed by atoms with Crippen LogP contribution in [0.15, 0.2) is 78.0 Å². The number of benzene rings is 2. The average molecular weight is 1000 g/mol. The highest BCUT2D eigenvalue weighted by Crippen LogP contribution is 2.62. The molecule has 6 atom stereocenters. The zero-order valence-corrected chi connectivity index (χ0v) is 43.7. The quantitative estimate of drug-likeness (QED) is 0.0296. The topological polar surface area (TPSA) is 169 Å². The van der Waals surface area contributed by atoms with Gasteiger partial charge in [0.25, 0.3) is 0 Å². The number of aliphatic hydroxyl groups excluding tert-OH is 3. The lowest BCUT2D eigenvalue weighted by Crippen LogP contribution is -2.70. The van der Waals surface area contributed by atoms with Crippen LogP contribution in [0, 0.1) is 23.7 Å². The standard InChI is InChI=1S/C59H89N3O10/c1-3-5-6-7-8-9-10-11-12-20-33-60-58(67)71-48-30-31-53-51(42-48)56-49(28-19-22-36-64)47(27-18-21-35-63)41-50-52(61-70-44-46-25-14-13-15-26-46)43-54(59(72-53,57(50)56)69-38-4-2)62(34-39-68-40-37-65)55(66)32-29-45-23-16-17-24-45/h4,13-15,25-26,30-31,41-42,45,47,49,54,56-57,63-65H,2-3,5-12,16-24,27-29,32-40,43-44H2,1H3,(H,60,67). The van der Waals surface area contributed by atoms with Gasteiger partial charge >= 0.3 is 6.09 Å². The Balaban J connectivity index is 1.40. The van der Waals surface area contributed by atoms with E-state index >= 15 is 4.79 Å². The molecule has 13 heteroatoms. The Kier molecular flexibility index (Phi) is 24.9. The van der Waals surface area contributed by atoms with Crippen LogP contribution in [0.25, 0.3) is 0 Å². The van der Waals surface area contributed by atoms with E-state index in [0.29, 0.717) is 48.9 Å². The van der Waals surface area contributed by atoms with Gasteiger partial charge in [0.1, 0.15) is 24.1 Å². The monoisotopic (exact) mass is 1000 g/mol. The summed E-state index contributed by atoms with van der Waals surface area (Å²) >= 11 is 0. The smallest absolute Gasteiger partial charge is 0.412 e. The van der Waals surface area contributed by atoms with Crippen LogP contribution in [0.2, 0.25) is 0 Å². The van der Waals surface area contributed by atoms with Crippen molar-refractivity contribution in [3.8, 4) is 11.5 Å². The highest BCUT2D eigenvalue weighted by molar-refractivity contribution is 6.03. The molecule has 0 bridgehead atoms. The summed E-state index contributed by atoms with van der Waals surface area (Å²) in [6, 6.07) is 14.8. The number of hydrogen-bond acceptors (Lipinski definition) is 11. The van der Waals surface area contributed by atoms with Crippen molar-refractivity contribution in [3.05, 3.63) is 84.0 Å². The van der Waals surface area contributed by atoms with E-state index in [4.69, 9.17) is 28.9 Å².